The number of hydrogen-bond donors (Lipinski definition) is 1. The van der Waals surface area contributed by atoms with E-state index in [1.165, 1.54) is 4.68 Å². The third-order valence-electron chi connectivity index (χ3n) is 2.98. The van der Waals surface area contributed by atoms with Gasteiger partial charge in [0, 0.05) is 6.20 Å². The van der Waals surface area contributed by atoms with Gasteiger partial charge in [-0.25, -0.2) is 9.48 Å². The number of aromatic nitrogens is 5. The predicted molar refractivity (Wildman–Crippen MR) is 62.6 cm³/mol. The minimum atomic E-state index is -1.18. The first-order chi connectivity index (χ1) is 8.59. The second kappa shape index (κ2) is 4.52. The van der Waals surface area contributed by atoms with Crippen LogP contribution in [0, 0.1) is 0 Å². The molecule has 0 fully saturated rings. The Hall–Kier alpha value is -2.31. The lowest BCUT2D eigenvalue weighted by Gasteiger charge is -2.23. The highest BCUT2D eigenvalue weighted by Gasteiger charge is 2.37. The van der Waals surface area contributed by atoms with E-state index in [0.717, 1.165) is 0 Å². The van der Waals surface area contributed by atoms with Crippen molar-refractivity contribution in [3.05, 3.63) is 24.4 Å². The van der Waals surface area contributed by atoms with Gasteiger partial charge in [0.25, 0.3) is 0 Å². The minimum Gasteiger partial charge on any atom is -0.479 e. The number of carboxylic acids is 1. The molecular weight excluding hydrogens is 234 g/mol. The fraction of sp³-hybridized carbons (Fsp3) is 0.364. The normalized spacial score (nSPS) is 14.1. The van der Waals surface area contributed by atoms with E-state index in [9.17, 15) is 9.90 Å². The highest BCUT2D eigenvalue weighted by Crippen LogP contribution is 2.24. The van der Waals surface area contributed by atoms with Gasteiger partial charge in [0.15, 0.2) is 5.54 Å². The molecule has 1 atom stereocenters. The maximum atomic E-state index is 11.4. The summed E-state index contributed by atoms with van der Waals surface area (Å²) in [6, 6.07) is 5.30. The Bertz CT molecular complexity index is 554. The molecule has 2 aromatic rings. The quantitative estimate of drug-likeness (QED) is 0.864. The van der Waals surface area contributed by atoms with Crippen LogP contribution in [0.3, 0.4) is 0 Å². The molecule has 0 amide bonds. The molecule has 2 aromatic heterocycles. The summed E-state index contributed by atoms with van der Waals surface area (Å²) in [7, 11) is 0. The molecule has 0 radical (unpaired) electrons. The minimum absolute atomic E-state index is 0.349. The standard InChI is InChI=1S/C11H13N5O2/c1-3-11(2,10(17)18)16-9(13-14-15-16)8-6-4-5-7-12-8/h4-7H,3H2,1-2H3,(H,17,18). The van der Waals surface area contributed by atoms with Crippen LogP contribution >= 0.6 is 0 Å². The van der Waals surface area contributed by atoms with Gasteiger partial charge < -0.3 is 5.11 Å². The molecule has 7 heteroatoms. The van der Waals surface area contributed by atoms with Crippen molar-refractivity contribution < 1.29 is 9.90 Å². The average Bonchev–Trinajstić information content (AvgIpc) is 2.88. The summed E-state index contributed by atoms with van der Waals surface area (Å²) in [5.41, 5.74) is -0.639. The van der Waals surface area contributed by atoms with Gasteiger partial charge >= 0.3 is 5.97 Å². The molecule has 2 rings (SSSR count). The Balaban J connectivity index is 2.55. The largest absolute Gasteiger partial charge is 0.479 e. The molecule has 7 nitrogen and oxygen atoms in total. The van der Waals surface area contributed by atoms with E-state index in [-0.39, 0.29) is 0 Å². The van der Waals surface area contributed by atoms with E-state index in [0.29, 0.717) is 17.9 Å². The summed E-state index contributed by atoms with van der Waals surface area (Å²) in [4.78, 5) is 15.5. The second-order valence-corrected chi connectivity index (χ2v) is 4.06. The number of hydrogen-bond acceptors (Lipinski definition) is 5. The maximum absolute atomic E-state index is 11.4. The van der Waals surface area contributed by atoms with Crippen LogP contribution in [-0.4, -0.2) is 36.3 Å². The smallest absolute Gasteiger partial charge is 0.331 e. The molecule has 0 bridgehead atoms. The van der Waals surface area contributed by atoms with Crippen LogP contribution in [0.4, 0.5) is 0 Å². The van der Waals surface area contributed by atoms with Crippen molar-refractivity contribution in [1.82, 2.24) is 25.2 Å². The Morgan fingerprint density at radius 2 is 2.28 bits per heavy atom. The number of nitrogens with zero attached hydrogens (tertiary/aromatic N) is 5. The highest BCUT2D eigenvalue weighted by molar-refractivity contribution is 5.76. The van der Waals surface area contributed by atoms with E-state index in [4.69, 9.17) is 0 Å². The number of carbonyl (C=O) groups is 1. The van der Waals surface area contributed by atoms with Gasteiger partial charge in [-0.3, -0.25) is 4.98 Å². The molecule has 0 spiro atoms. The summed E-state index contributed by atoms with van der Waals surface area (Å²) < 4.78 is 1.30. The zero-order valence-corrected chi connectivity index (χ0v) is 10.1. The summed E-state index contributed by atoms with van der Waals surface area (Å²) in [6.45, 7) is 3.36. The Morgan fingerprint density at radius 1 is 1.50 bits per heavy atom. The molecule has 0 aliphatic rings. The van der Waals surface area contributed by atoms with Crippen LogP contribution in [0.2, 0.25) is 0 Å². The van der Waals surface area contributed by atoms with E-state index in [2.05, 4.69) is 20.5 Å². The van der Waals surface area contributed by atoms with Crippen LogP contribution in [0.15, 0.2) is 24.4 Å². The molecule has 18 heavy (non-hydrogen) atoms. The average molecular weight is 247 g/mol. The van der Waals surface area contributed by atoms with Crippen molar-refractivity contribution in [1.29, 1.82) is 0 Å². The number of pyridine rings is 1. The third-order valence-corrected chi connectivity index (χ3v) is 2.98. The SMILES string of the molecule is CCC(C)(C(=O)O)n1nnnc1-c1ccccn1. The fourth-order valence-corrected chi connectivity index (χ4v) is 1.57. The van der Waals surface area contributed by atoms with Crippen LogP contribution in [0.1, 0.15) is 20.3 Å². The molecule has 0 saturated carbocycles. The topological polar surface area (TPSA) is 93.8 Å². The third kappa shape index (κ3) is 1.83. The lowest BCUT2D eigenvalue weighted by atomic mass is 9.99. The number of rotatable bonds is 4. The van der Waals surface area contributed by atoms with Crippen molar-refractivity contribution in [2.75, 3.05) is 0 Å². The summed E-state index contributed by atoms with van der Waals surface area (Å²) >= 11 is 0. The lowest BCUT2D eigenvalue weighted by Crippen LogP contribution is -2.39. The molecule has 0 aromatic carbocycles. The van der Waals surface area contributed by atoms with Crippen LogP contribution < -0.4 is 0 Å². The van der Waals surface area contributed by atoms with E-state index in [1.807, 2.05) is 0 Å². The molecular formula is C11H13N5O2. The molecule has 94 valence electrons. The van der Waals surface area contributed by atoms with E-state index < -0.39 is 11.5 Å². The molecule has 0 aliphatic heterocycles. The molecule has 2 heterocycles. The first kappa shape index (κ1) is 12.2. The Labute approximate surface area is 103 Å². The molecule has 0 aliphatic carbocycles. The van der Waals surface area contributed by atoms with Gasteiger partial charge in [-0.05, 0) is 35.9 Å². The van der Waals surface area contributed by atoms with Gasteiger partial charge in [0.05, 0.1) is 0 Å². The molecule has 0 saturated heterocycles. The van der Waals surface area contributed by atoms with Crippen molar-refractivity contribution in [2.24, 2.45) is 0 Å². The van der Waals surface area contributed by atoms with Crippen LogP contribution in [0.5, 0.6) is 0 Å². The molecule has 1 unspecified atom stereocenters. The zero-order chi connectivity index (χ0) is 13.2. The van der Waals surface area contributed by atoms with Crippen molar-refractivity contribution in [3.63, 3.8) is 0 Å². The number of carboxylic acid groups (broad SMARTS) is 1. The summed E-state index contributed by atoms with van der Waals surface area (Å²) in [5, 5.41) is 20.5. The van der Waals surface area contributed by atoms with Crippen molar-refractivity contribution in [2.45, 2.75) is 25.8 Å². The van der Waals surface area contributed by atoms with Crippen LogP contribution in [-0.2, 0) is 10.3 Å². The second-order valence-electron chi connectivity index (χ2n) is 4.06. The van der Waals surface area contributed by atoms with Crippen molar-refractivity contribution in [3.8, 4) is 11.5 Å². The molecule has 1 N–H and O–H groups in total. The van der Waals surface area contributed by atoms with Gasteiger partial charge in [0.1, 0.15) is 5.69 Å². The van der Waals surface area contributed by atoms with Gasteiger partial charge in [-0.15, -0.1) is 5.10 Å². The monoisotopic (exact) mass is 247 g/mol. The number of aliphatic carboxylic acids is 1. The van der Waals surface area contributed by atoms with Gasteiger partial charge in [0.2, 0.25) is 5.82 Å². The zero-order valence-electron chi connectivity index (χ0n) is 10.1. The summed E-state index contributed by atoms with van der Waals surface area (Å²) in [6.07, 6.45) is 1.98. The van der Waals surface area contributed by atoms with Gasteiger partial charge in [-0.2, -0.15) is 0 Å². The predicted octanol–water partition coefficient (Wildman–Crippen LogP) is 0.945. The summed E-state index contributed by atoms with van der Waals surface area (Å²) in [5.74, 6) is -0.628. The van der Waals surface area contributed by atoms with Crippen LogP contribution in [0.25, 0.3) is 11.5 Å². The maximum Gasteiger partial charge on any atom is 0.331 e. The van der Waals surface area contributed by atoms with Gasteiger partial charge in [-0.1, -0.05) is 13.0 Å². The first-order valence-corrected chi connectivity index (χ1v) is 5.53. The first-order valence-electron chi connectivity index (χ1n) is 5.53. The van der Waals surface area contributed by atoms with Crippen molar-refractivity contribution >= 4 is 5.97 Å². The van der Waals surface area contributed by atoms with E-state index in [1.54, 1.807) is 38.2 Å². The van der Waals surface area contributed by atoms with E-state index >= 15 is 0 Å². The Kier molecular flexibility index (Phi) is 3.05. The highest BCUT2D eigenvalue weighted by atomic mass is 16.4. The number of tetrazole rings is 1. The lowest BCUT2D eigenvalue weighted by molar-refractivity contribution is -0.147. The Morgan fingerprint density at radius 3 is 2.83 bits per heavy atom. The fourth-order valence-electron chi connectivity index (χ4n) is 1.57.